The van der Waals surface area contributed by atoms with Crippen molar-refractivity contribution in [1.29, 1.82) is 0 Å². The minimum atomic E-state index is 0.0397. The number of likely N-dealkylation sites (tertiary alicyclic amines) is 1. The third-order valence-corrected chi connectivity index (χ3v) is 4.94. The second-order valence-electron chi connectivity index (χ2n) is 5.82. The minimum Gasteiger partial charge on any atom is -0.341 e. The third kappa shape index (κ3) is 3.00. The lowest BCUT2D eigenvalue weighted by atomic mass is 9.98. The van der Waals surface area contributed by atoms with Gasteiger partial charge in [0.1, 0.15) is 5.69 Å². The maximum atomic E-state index is 12.4. The van der Waals surface area contributed by atoms with E-state index < -0.39 is 0 Å². The Hall–Kier alpha value is -1.69. The molecule has 0 aliphatic carbocycles. The lowest BCUT2D eigenvalue weighted by Crippen LogP contribution is -2.39. The van der Waals surface area contributed by atoms with Crippen LogP contribution in [0.3, 0.4) is 0 Å². The Morgan fingerprint density at radius 2 is 2.38 bits per heavy atom. The second kappa shape index (κ2) is 5.97. The summed E-state index contributed by atoms with van der Waals surface area (Å²) in [5, 5.41) is 3.32. The molecule has 1 fully saturated rings. The summed E-state index contributed by atoms with van der Waals surface area (Å²) < 4.78 is 0. The van der Waals surface area contributed by atoms with E-state index in [9.17, 15) is 4.79 Å². The molecular weight excluding hydrogens is 284 g/mol. The molecular formula is C15H20N4OS. The molecule has 2 aromatic rings. The van der Waals surface area contributed by atoms with Crippen LogP contribution < -0.4 is 0 Å². The van der Waals surface area contributed by atoms with E-state index in [0.29, 0.717) is 17.5 Å². The summed E-state index contributed by atoms with van der Waals surface area (Å²) in [6.45, 7) is 5.89. The number of imidazole rings is 1. The van der Waals surface area contributed by atoms with Crippen LogP contribution in [0.5, 0.6) is 0 Å². The summed E-state index contributed by atoms with van der Waals surface area (Å²) in [4.78, 5) is 25.9. The van der Waals surface area contributed by atoms with Crippen LogP contribution in [0.25, 0.3) is 0 Å². The van der Waals surface area contributed by atoms with Crippen LogP contribution in [0, 0.1) is 0 Å². The normalized spacial score (nSPS) is 19.2. The number of H-pyrrole nitrogens is 1. The molecule has 1 atom stereocenters. The van der Waals surface area contributed by atoms with Gasteiger partial charge in [-0.3, -0.25) is 4.79 Å². The van der Waals surface area contributed by atoms with Gasteiger partial charge in [-0.25, -0.2) is 9.97 Å². The summed E-state index contributed by atoms with van der Waals surface area (Å²) in [6, 6.07) is 0. The monoisotopic (exact) mass is 304 g/mol. The largest absolute Gasteiger partial charge is 0.341 e. The SMILES string of the molecule is CC(C)c1csc([C@@H]2CCCN(C(=O)c3cnc[nH]3)C2)n1. The maximum Gasteiger partial charge on any atom is 0.271 e. The highest BCUT2D eigenvalue weighted by Gasteiger charge is 2.27. The third-order valence-electron chi connectivity index (χ3n) is 3.92. The Bertz CT molecular complexity index is 605. The van der Waals surface area contributed by atoms with Gasteiger partial charge in [-0.15, -0.1) is 11.3 Å². The molecule has 6 heteroatoms. The summed E-state index contributed by atoms with van der Waals surface area (Å²) in [6.07, 6.45) is 5.27. The van der Waals surface area contributed by atoms with E-state index >= 15 is 0 Å². The summed E-state index contributed by atoms with van der Waals surface area (Å²) >= 11 is 1.73. The molecule has 0 bridgehead atoms. The number of amides is 1. The lowest BCUT2D eigenvalue weighted by Gasteiger charge is -2.31. The number of carbonyl (C=O) groups excluding carboxylic acids is 1. The topological polar surface area (TPSA) is 61.9 Å². The van der Waals surface area contributed by atoms with Gasteiger partial charge in [0, 0.05) is 24.4 Å². The van der Waals surface area contributed by atoms with Crippen LogP contribution in [0.4, 0.5) is 0 Å². The van der Waals surface area contributed by atoms with Gasteiger partial charge in [-0.2, -0.15) is 0 Å². The van der Waals surface area contributed by atoms with Crippen LogP contribution in [0.15, 0.2) is 17.9 Å². The molecule has 1 saturated heterocycles. The maximum absolute atomic E-state index is 12.4. The first-order chi connectivity index (χ1) is 10.1. The number of rotatable bonds is 3. The molecule has 0 radical (unpaired) electrons. The number of thiazole rings is 1. The van der Waals surface area contributed by atoms with Crippen LogP contribution >= 0.6 is 11.3 Å². The molecule has 1 aliphatic rings. The highest BCUT2D eigenvalue weighted by atomic mass is 32.1. The van der Waals surface area contributed by atoms with Crippen LogP contribution in [0.1, 0.15) is 59.7 Å². The first-order valence-electron chi connectivity index (χ1n) is 7.38. The van der Waals surface area contributed by atoms with Crippen LogP contribution in [-0.4, -0.2) is 38.8 Å². The lowest BCUT2D eigenvalue weighted by molar-refractivity contribution is 0.0701. The average Bonchev–Trinajstić information content (AvgIpc) is 3.18. The molecule has 3 heterocycles. The molecule has 1 N–H and O–H groups in total. The molecule has 21 heavy (non-hydrogen) atoms. The number of hydrogen-bond donors (Lipinski definition) is 1. The zero-order valence-corrected chi connectivity index (χ0v) is 13.2. The second-order valence-corrected chi connectivity index (χ2v) is 6.71. The van der Waals surface area contributed by atoms with E-state index in [1.54, 1.807) is 23.9 Å². The Labute approximate surface area is 128 Å². The Kier molecular flexibility index (Phi) is 4.05. The minimum absolute atomic E-state index is 0.0397. The van der Waals surface area contributed by atoms with E-state index in [1.807, 2.05) is 4.90 Å². The Balaban J connectivity index is 1.72. The smallest absolute Gasteiger partial charge is 0.271 e. The fourth-order valence-electron chi connectivity index (χ4n) is 2.66. The highest BCUT2D eigenvalue weighted by Crippen LogP contribution is 2.31. The quantitative estimate of drug-likeness (QED) is 0.948. The van der Waals surface area contributed by atoms with Crippen molar-refractivity contribution in [3.8, 4) is 0 Å². The predicted octanol–water partition coefficient (Wildman–Crippen LogP) is 3.01. The fraction of sp³-hybridized carbons (Fsp3) is 0.533. The zero-order chi connectivity index (χ0) is 14.8. The first-order valence-corrected chi connectivity index (χ1v) is 8.26. The number of piperidine rings is 1. The molecule has 5 nitrogen and oxygen atoms in total. The summed E-state index contributed by atoms with van der Waals surface area (Å²) in [5.41, 5.74) is 1.73. The zero-order valence-electron chi connectivity index (χ0n) is 12.4. The van der Waals surface area contributed by atoms with Crippen molar-refractivity contribution in [2.24, 2.45) is 0 Å². The van der Waals surface area contributed by atoms with Crippen molar-refractivity contribution in [2.75, 3.05) is 13.1 Å². The Morgan fingerprint density at radius 1 is 1.52 bits per heavy atom. The van der Waals surface area contributed by atoms with Gasteiger partial charge in [0.05, 0.1) is 23.2 Å². The van der Waals surface area contributed by atoms with Gasteiger partial charge in [0.25, 0.3) is 5.91 Å². The molecule has 0 spiro atoms. The number of hydrogen-bond acceptors (Lipinski definition) is 4. The fourth-order valence-corrected chi connectivity index (χ4v) is 3.77. The van der Waals surface area contributed by atoms with Crippen LogP contribution in [-0.2, 0) is 0 Å². The number of aromatic amines is 1. The van der Waals surface area contributed by atoms with E-state index in [0.717, 1.165) is 31.6 Å². The number of nitrogens with zero attached hydrogens (tertiary/aromatic N) is 3. The summed E-state index contributed by atoms with van der Waals surface area (Å²) in [7, 11) is 0. The van der Waals surface area contributed by atoms with Gasteiger partial charge >= 0.3 is 0 Å². The van der Waals surface area contributed by atoms with Crippen molar-refractivity contribution in [1.82, 2.24) is 19.9 Å². The van der Waals surface area contributed by atoms with E-state index in [1.165, 1.54) is 5.01 Å². The van der Waals surface area contributed by atoms with Gasteiger partial charge in [-0.1, -0.05) is 13.8 Å². The van der Waals surface area contributed by atoms with E-state index in [-0.39, 0.29) is 5.91 Å². The van der Waals surface area contributed by atoms with Crippen molar-refractivity contribution < 1.29 is 4.79 Å². The highest BCUT2D eigenvalue weighted by molar-refractivity contribution is 7.09. The first kappa shape index (κ1) is 14.3. The van der Waals surface area contributed by atoms with E-state index in [2.05, 4.69) is 29.2 Å². The molecule has 2 aromatic heterocycles. The molecule has 1 amide bonds. The van der Waals surface area contributed by atoms with Crippen molar-refractivity contribution in [2.45, 2.75) is 38.5 Å². The molecule has 1 aliphatic heterocycles. The molecule has 0 saturated carbocycles. The Morgan fingerprint density at radius 3 is 3.05 bits per heavy atom. The van der Waals surface area contributed by atoms with Crippen LogP contribution in [0.2, 0.25) is 0 Å². The van der Waals surface area contributed by atoms with Gasteiger partial charge in [0.15, 0.2) is 0 Å². The van der Waals surface area contributed by atoms with Gasteiger partial charge < -0.3 is 9.88 Å². The molecule has 0 unspecified atom stereocenters. The van der Waals surface area contributed by atoms with Gasteiger partial charge in [-0.05, 0) is 18.8 Å². The van der Waals surface area contributed by atoms with Gasteiger partial charge in [0.2, 0.25) is 0 Å². The average molecular weight is 304 g/mol. The molecule has 3 rings (SSSR count). The van der Waals surface area contributed by atoms with E-state index in [4.69, 9.17) is 4.98 Å². The van der Waals surface area contributed by atoms with Crippen molar-refractivity contribution in [3.63, 3.8) is 0 Å². The standard InChI is InChI=1S/C15H20N4OS/c1-10(2)13-8-21-14(18-13)11-4-3-5-19(7-11)15(20)12-6-16-9-17-12/h6,8-11H,3-5,7H2,1-2H3,(H,16,17)/t11-/m1/s1. The van der Waals surface area contributed by atoms with Crippen molar-refractivity contribution in [3.05, 3.63) is 34.3 Å². The molecule has 112 valence electrons. The number of carbonyl (C=O) groups is 1. The predicted molar refractivity (Wildman–Crippen MR) is 82.7 cm³/mol. The van der Waals surface area contributed by atoms with Crippen molar-refractivity contribution >= 4 is 17.2 Å². The molecule has 0 aromatic carbocycles. The number of nitrogens with one attached hydrogen (secondary N) is 1. The summed E-state index contributed by atoms with van der Waals surface area (Å²) in [5.74, 6) is 0.863. The number of aromatic nitrogens is 3.